The Morgan fingerprint density at radius 1 is 0.969 bits per heavy atom. The van der Waals surface area contributed by atoms with E-state index in [0.717, 1.165) is 51.3 Å². The minimum absolute atomic E-state index is 0.215. The molecule has 1 aromatic rings. The number of halogens is 2. The average molecular weight is 445 g/mol. The number of hydrogen-bond acceptors (Lipinski definition) is 3. The maximum absolute atomic E-state index is 14.1. The lowest BCUT2D eigenvalue weighted by atomic mass is 9.89. The molecule has 2 saturated carbocycles. The lowest BCUT2D eigenvalue weighted by Gasteiger charge is -2.35. The van der Waals surface area contributed by atoms with Crippen LogP contribution in [0.5, 0.6) is 0 Å². The van der Waals surface area contributed by atoms with Crippen LogP contribution in [0.2, 0.25) is 0 Å². The minimum atomic E-state index is -0.677. The molecule has 4 aliphatic rings. The number of anilines is 1. The van der Waals surface area contributed by atoms with Gasteiger partial charge in [-0.2, -0.15) is 0 Å². The molecule has 1 unspecified atom stereocenters. The van der Waals surface area contributed by atoms with Crippen LogP contribution in [0.15, 0.2) is 23.2 Å². The van der Waals surface area contributed by atoms with Gasteiger partial charge in [-0.15, -0.1) is 0 Å². The number of nitrogens with one attached hydrogen (secondary N) is 1. The number of nitrogens with zero attached hydrogens (tertiary/aromatic N) is 3. The fourth-order valence-corrected chi connectivity index (χ4v) is 6.29. The maximum Gasteiger partial charge on any atom is 0.328 e. The number of amidine groups is 1. The van der Waals surface area contributed by atoms with Gasteiger partial charge < -0.3 is 4.90 Å². The minimum Gasteiger partial charge on any atom is -0.300 e. The van der Waals surface area contributed by atoms with Crippen molar-refractivity contribution in [3.63, 3.8) is 0 Å². The standard InChI is InChI=1S/C25H34F2N4O/c26-19-13-20(27)15-22(14-19)31-24(32)29-23(28-21-9-5-2-6-10-21)25(31)11-12-30(17-25)16-18-7-3-1-4-8-18/h13-15,18,21H,1-12,16-17H2,(H,28,29,32). The van der Waals surface area contributed by atoms with E-state index in [-0.39, 0.29) is 17.8 Å². The maximum atomic E-state index is 14.1. The molecule has 2 amide bonds. The highest BCUT2D eigenvalue weighted by Crippen LogP contribution is 2.39. The van der Waals surface area contributed by atoms with Crippen LogP contribution in [0.3, 0.4) is 0 Å². The monoisotopic (exact) mass is 444 g/mol. The van der Waals surface area contributed by atoms with E-state index < -0.39 is 17.2 Å². The van der Waals surface area contributed by atoms with Gasteiger partial charge in [0.05, 0.1) is 11.7 Å². The molecule has 5 nitrogen and oxygen atoms in total. The Bertz CT molecular complexity index is 858. The topological polar surface area (TPSA) is 47.9 Å². The summed E-state index contributed by atoms with van der Waals surface area (Å²) in [6, 6.07) is 3.26. The van der Waals surface area contributed by atoms with Crippen LogP contribution in [0.25, 0.3) is 0 Å². The molecule has 32 heavy (non-hydrogen) atoms. The van der Waals surface area contributed by atoms with Crippen LogP contribution in [0.1, 0.15) is 70.6 Å². The summed E-state index contributed by atoms with van der Waals surface area (Å²) in [6.45, 7) is 2.55. The van der Waals surface area contributed by atoms with Crippen molar-refractivity contribution in [2.24, 2.45) is 10.9 Å². The summed E-state index contributed by atoms with van der Waals surface area (Å²) in [6.07, 6.45) is 12.8. The summed E-state index contributed by atoms with van der Waals surface area (Å²) in [4.78, 5) is 22.3. The van der Waals surface area contributed by atoms with Gasteiger partial charge in [0.15, 0.2) is 0 Å². The van der Waals surface area contributed by atoms with Crippen molar-refractivity contribution >= 4 is 17.6 Å². The number of aliphatic imine (C=N–C) groups is 1. The summed E-state index contributed by atoms with van der Waals surface area (Å²) >= 11 is 0. The molecular weight excluding hydrogens is 410 g/mol. The highest BCUT2D eigenvalue weighted by molar-refractivity contribution is 6.19. The first-order valence-corrected chi connectivity index (χ1v) is 12.4. The number of carbonyl (C=O) groups is 1. The summed E-state index contributed by atoms with van der Waals surface area (Å²) in [5, 5.41) is 3.01. The molecule has 7 heteroatoms. The second-order valence-corrected chi connectivity index (χ2v) is 10.2. The van der Waals surface area contributed by atoms with Gasteiger partial charge >= 0.3 is 6.03 Å². The average Bonchev–Trinajstić information content (AvgIpc) is 3.29. The zero-order valence-electron chi connectivity index (χ0n) is 18.8. The molecule has 2 aliphatic carbocycles. The summed E-state index contributed by atoms with van der Waals surface area (Å²) in [7, 11) is 0. The fourth-order valence-electron chi connectivity index (χ4n) is 6.29. The summed E-state index contributed by atoms with van der Waals surface area (Å²) < 4.78 is 28.2. The van der Waals surface area contributed by atoms with Crippen molar-refractivity contribution in [2.45, 2.75) is 82.2 Å². The first-order valence-electron chi connectivity index (χ1n) is 12.4. The fraction of sp³-hybridized carbons (Fsp3) is 0.680. The van der Waals surface area contributed by atoms with Gasteiger partial charge in [-0.3, -0.25) is 15.2 Å². The van der Waals surface area contributed by atoms with E-state index >= 15 is 0 Å². The third kappa shape index (κ3) is 4.28. The molecule has 174 valence electrons. The van der Waals surface area contributed by atoms with Gasteiger partial charge in [0.1, 0.15) is 23.0 Å². The van der Waals surface area contributed by atoms with E-state index in [9.17, 15) is 13.6 Å². The van der Waals surface area contributed by atoms with Crippen molar-refractivity contribution in [3.05, 3.63) is 29.8 Å². The number of carbonyl (C=O) groups excluding carboxylic acids is 1. The SMILES string of the molecule is O=C1NC(=NC2CCCCC2)C2(CCN(CC3CCCCC3)C2)N1c1cc(F)cc(F)c1. The van der Waals surface area contributed by atoms with Crippen LogP contribution < -0.4 is 10.2 Å². The van der Waals surface area contributed by atoms with E-state index in [1.54, 1.807) is 4.90 Å². The number of rotatable bonds is 4. The molecule has 0 radical (unpaired) electrons. The van der Waals surface area contributed by atoms with Crippen LogP contribution in [-0.4, -0.2) is 48.0 Å². The Hall–Kier alpha value is -2.02. The molecule has 1 spiro atoms. The first-order chi connectivity index (χ1) is 15.5. The Kier molecular flexibility index (Phi) is 6.19. The van der Waals surface area contributed by atoms with Gasteiger partial charge in [-0.25, -0.2) is 13.6 Å². The highest BCUT2D eigenvalue weighted by atomic mass is 19.1. The van der Waals surface area contributed by atoms with Crippen molar-refractivity contribution in [2.75, 3.05) is 24.5 Å². The predicted octanol–water partition coefficient (Wildman–Crippen LogP) is 5.25. The molecule has 4 fully saturated rings. The Labute approximate surface area is 189 Å². The quantitative estimate of drug-likeness (QED) is 0.690. The smallest absolute Gasteiger partial charge is 0.300 e. The normalized spacial score (nSPS) is 29.4. The zero-order chi connectivity index (χ0) is 22.1. The van der Waals surface area contributed by atoms with E-state index in [1.807, 2.05) is 0 Å². The molecule has 0 aromatic heterocycles. The molecule has 1 atom stereocenters. The van der Waals surface area contributed by atoms with Gasteiger partial charge in [0.2, 0.25) is 0 Å². The zero-order valence-corrected chi connectivity index (χ0v) is 18.8. The van der Waals surface area contributed by atoms with E-state index in [2.05, 4.69) is 10.2 Å². The molecular formula is C25H34F2N4O. The van der Waals surface area contributed by atoms with Gasteiger partial charge in [0.25, 0.3) is 0 Å². The van der Waals surface area contributed by atoms with Crippen LogP contribution in [-0.2, 0) is 0 Å². The van der Waals surface area contributed by atoms with Crippen LogP contribution in [0, 0.1) is 17.6 Å². The Morgan fingerprint density at radius 2 is 1.62 bits per heavy atom. The van der Waals surface area contributed by atoms with Crippen LogP contribution >= 0.6 is 0 Å². The molecule has 2 heterocycles. The van der Waals surface area contributed by atoms with Gasteiger partial charge in [-0.1, -0.05) is 38.5 Å². The molecule has 2 saturated heterocycles. The first kappa shape index (κ1) is 21.8. The highest BCUT2D eigenvalue weighted by Gasteiger charge is 2.55. The molecule has 1 N–H and O–H groups in total. The second kappa shape index (κ2) is 9.08. The predicted molar refractivity (Wildman–Crippen MR) is 122 cm³/mol. The Morgan fingerprint density at radius 3 is 2.31 bits per heavy atom. The van der Waals surface area contributed by atoms with Crippen molar-refractivity contribution in [1.82, 2.24) is 10.2 Å². The second-order valence-electron chi connectivity index (χ2n) is 10.2. The summed E-state index contributed by atoms with van der Waals surface area (Å²) in [5.41, 5.74) is -0.406. The largest absolute Gasteiger partial charge is 0.328 e. The number of hydrogen-bond donors (Lipinski definition) is 1. The molecule has 1 aromatic carbocycles. The summed E-state index contributed by atoms with van der Waals surface area (Å²) in [5.74, 6) is 0.0586. The lowest BCUT2D eigenvalue weighted by Crippen LogP contribution is -2.52. The van der Waals surface area contributed by atoms with Gasteiger partial charge in [-0.05, 0) is 50.2 Å². The number of likely N-dealkylation sites (tertiary alicyclic amines) is 1. The molecule has 0 bridgehead atoms. The van der Waals surface area contributed by atoms with E-state index in [0.29, 0.717) is 18.3 Å². The third-order valence-electron chi connectivity index (χ3n) is 7.86. The van der Waals surface area contributed by atoms with E-state index in [1.165, 1.54) is 50.7 Å². The number of amides is 2. The Balaban J connectivity index is 1.46. The van der Waals surface area contributed by atoms with Crippen molar-refractivity contribution in [1.29, 1.82) is 0 Å². The van der Waals surface area contributed by atoms with Crippen molar-refractivity contribution < 1.29 is 13.6 Å². The number of benzene rings is 1. The van der Waals surface area contributed by atoms with Gasteiger partial charge in [0, 0.05) is 25.7 Å². The van der Waals surface area contributed by atoms with Crippen molar-refractivity contribution in [3.8, 4) is 0 Å². The molecule has 5 rings (SSSR count). The van der Waals surface area contributed by atoms with E-state index in [4.69, 9.17) is 4.99 Å². The van der Waals surface area contributed by atoms with Crippen LogP contribution in [0.4, 0.5) is 19.3 Å². The lowest BCUT2D eigenvalue weighted by molar-refractivity contribution is 0.228. The third-order valence-corrected chi connectivity index (χ3v) is 7.86. The molecule has 2 aliphatic heterocycles. The number of urea groups is 1.